The molecule has 0 bridgehead atoms. The van der Waals surface area contributed by atoms with Crippen LogP contribution in [0.15, 0.2) is 35.6 Å². The summed E-state index contributed by atoms with van der Waals surface area (Å²) < 4.78 is 0. The lowest BCUT2D eigenvalue weighted by Crippen LogP contribution is -2.35. The van der Waals surface area contributed by atoms with Crippen molar-refractivity contribution in [1.29, 1.82) is 0 Å². The Morgan fingerprint density at radius 1 is 1.35 bits per heavy atom. The topological polar surface area (TPSA) is 138 Å². The van der Waals surface area contributed by atoms with Gasteiger partial charge < -0.3 is 15.1 Å². The highest BCUT2D eigenvalue weighted by Crippen LogP contribution is 2.40. The Bertz CT molecular complexity index is 753. The number of carbonyl (C=O) groups excluding carboxylic acids is 2. The molecule has 0 unspecified atom stereocenters. The molecule has 1 atom stereocenters. The van der Waals surface area contributed by atoms with Gasteiger partial charge in [0.15, 0.2) is 11.5 Å². The first-order valence-electron chi connectivity index (χ1n) is 6.45. The maximum Gasteiger partial charge on any atom is 0.323 e. The SMILES string of the molecule is CC(=O)C1=C(O)C(=O)N(CC(=O)O)[C@H]1c1ccccc1[N+](=O)[O-]. The van der Waals surface area contributed by atoms with Gasteiger partial charge in [-0.3, -0.25) is 24.5 Å². The number of carbonyl (C=O) groups is 3. The number of ketones is 1. The lowest BCUT2D eigenvalue weighted by atomic mass is 9.95. The van der Waals surface area contributed by atoms with E-state index < -0.39 is 40.9 Å². The van der Waals surface area contributed by atoms with Crippen molar-refractivity contribution in [2.45, 2.75) is 13.0 Å². The highest BCUT2D eigenvalue weighted by molar-refractivity contribution is 6.08. The van der Waals surface area contributed by atoms with Gasteiger partial charge in [0, 0.05) is 6.07 Å². The van der Waals surface area contributed by atoms with E-state index in [1.165, 1.54) is 24.3 Å². The zero-order valence-corrected chi connectivity index (χ0v) is 11.9. The Hall–Kier alpha value is -3.23. The summed E-state index contributed by atoms with van der Waals surface area (Å²) in [4.78, 5) is 46.0. The zero-order chi connectivity index (χ0) is 17.3. The number of nitro benzene ring substituents is 1. The first kappa shape index (κ1) is 16.1. The van der Waals surface area contributed by atoms with Crippen molar-refractivity contribution in [1.82, 2.24) is 4.90 Å². The molecule has 1 amide bonds. The molecule has 1 aliphatic heterocycles. The largest absolute Gasteiger partial charge is 0.503 e. The van der Waals surface area contributed by atoms with Gasteiger partial charge in [-0.15, -0.1) is 0 Å². The minimum absolute atomic E-state index is 0.0404. The number of carboxylic acids is 1. The van der Waals surface area contributed by atoms with E-state index in [9.17, 15) is 29.6 Å². The summed E-state index contributed by atoms with van der Waals surface area (Å²) in [5.74, 6) is -3.99. The van der Waals surface area contributed by atoms with Crippen LogP contribution in [0.3, 0.4) is 0 Å². The molecule has 0 aliphatic carbocycles. The van der Waals surface area contributed by atoms with E-state index in [2.05, 4.69) is 0 Å². The number of hydrogen-bond donors (Lipinski definition) is 2. The summed E-state index contributed by atoms with van der Waals surface area (Å²) in [6, 6.07) is 4.02. The molecule has 9 nitrogen and oxygen atoms in total. The summed E-state index contributed by atoms with van der Waals surface area (Å²) in [5, 5.41) is 30.0. The van der Waals surface area contributed by atoms with Crippen molar-refractivity contribution in [3.05, 3.63) is 51.3 Å². The minimum atomic E-state index is -1.38. The van der Waals surface area contributed by atoms with Crippen molar-refractivity contribution in [3.8, 4) is 0 Å². The Balaban J connectivity index is 2.67. The number of amides is 1. The number of benzene rings is 1. The van der Waals surface area contributed by atoms with Gasteiger partial charge in [0.1, 0.15) is 6.54 Å². The van der Waals surface area contributed by atoms with E-state index in [0.717, 1.165) is 11.8 Å². The van der Waals surface area contributed by atoms with Crippen LogP contribution < -0.4 is 0 Å². The molecule has 2 rings (SSSR count). The van der Waals surface area contributed by atoms with Gasteiger partial charge in [-0.2, -0.15) is 0 Å². The second kappa shape index (κ2) is 5.87. The number of carboxylic acid groups (broad SMARTS) is 1. The summed E-state index contributed by atoms with van der Waals surface area (Å²) in [5.41, 5.74) is -0.777. The Labute approximate surface area is 129 Å². The molecule has 1 aromatic carbocycles. The van der Waals surface area contributed by atoms with Gasteiger partial charge in [-0.05, 0) is 13.0 Å². The molecule has 0 saturated carbocycles. The normalized spacial score (nSPS) is 17.5. The fourth-order valence-corrected chi connectivity index (χ4v) is 2.53. The standard InChI is InChI=1S/C14H12N2O7/c1-7(17)11-12(8-4-2-3-5-9(8)16(22)23)15(6-10(18)19)14(21)13(11)20/h2-5,12,20H,6H2,1H3,(H,18,19)/t12-/m0/s1. The Morgan fingerprint density at radius 3 is 2.48 bits per heavy atom. The third-order valence-corrected chi connectivity index (χ3v) is 3.42. The number of hydrogen-bond acceptors (Lipinski definition) is 6. The van der Waals surface area contributed by atoms with Gasteiger partial charge in [-0.1, -0.05) is 12.1 Å². The molecule has 2 N–H and O–H groups in total. The van der Waals surface area contributed by atoms with Gasteiger partial charge in [0.25, 0.3) is 11.6 Å². The van der Waals surface area contributed by atoms with Crippen LogP contribution in [0.2, 0.25) is 0 Å². The Morgan fingerprint density at radius 2 is 1.96 bits per heavy atom. The molecule has 0 aromatic heterocycles. The van der Waals surface area contributed by atoms with Crippen LogP contribution in [-0.4, -0.2) is 44.2 Å². The van der Waals surface area contributed by atoms with Crippen LogP contribution in [-0.2, 0) is 14.4 Å². The van der Waals surface area contributed by atoms with Crippen LogP contribution in [0.25, 0.3) is 0 Å². The van der Waals surface area contributed by atoms with Gasteiger partial charge >= 0.3 is 5.97 Å². The van der Waals surface area contributed by atoms with Crippen molar-refractivity contribution in [3.63, 3.8) is 0 Å². The average Bonchev–Trinajstić information content (AvgIpc) is 2.71. The zero-order valence-electron chi connectivity index (χ0n) is 11.9. The number of Topliss-reactive ketones (excluding diaryl/α,β-unsaturated/α-hetero) is 1. The third-order valence-electron chi connectivity index (χ3n) is 3.42. The molecule has 0 fully saturated rings. The van der Waals surface area contributed by atoms with Crippen molar-refractivity contribution in [2.75, 3.05) is 6.54 Å². The van der Waals surface area contributed by atoms with Crippen molar-refractivity contribution in [2.24, 2.45) is 0 Å². The first-order valence-corrected chi connectivity index (χ1v) is 6.45. The first-order chi connectivity index (χ1) is 10.8. The summed E-state index contributed by atoms with van der Waals surface area (Å²) in [6.07, 6.45) is 0. The smallest absolute Gasteiger partial charge is 0.323 e. The summed E-state index contributed by atoms with van der Waals surface area (Å²) in [6.45, 7) is 0.279. The number of aliphatic hydroxyl groups excluding tert-OH is 1. The second-order valence-electron chi connectivity index (χ2n) is 4.86. The quantitative estimate of drug-likeness (QED) is 0.608. The molecule has 0 spiro atoms. The average molecular weight is 320 g/mol. The maximum atomic E-state index is 12.1. The molecule has 1 aromatic rings. The molecular weight excluding hydrogens is 308 g/mol. The van der Waals surface area contributed by atoms with Crippen LogP contribution in [0.5, 0.6) is 0 Å². The van der Waals surface area contributed by atoms with E-state index in [4.69, 9.17) is 5.11 Å². The third kappa shape index (κ3) is 2.76. The van der Waals surface area contributed by atoms with Crippen molar-refractivity contribution < 1.29 is 29.5 Å². The molecule has 0 saturated heterocycles. The van der Waals surface area contributed by atoms with Gasteiger partial charge in [0.2, 0.25) is 0 Å². The second-order valence-corrected chi connectivity index (χ2v) is 4.86. The van der Waals surface area contributed by atoms with Gasteiger partial charge in [-0.25, -0.2) is 0 Å². The Kier molecular flexibility index (Phi) is 4.12. The predicted molar refractivity (Wildman–Crippen MR) is 75.5 cm³/mol. The molecule has 23 heavy (non-hydrogen) atoms. The van der Waals surface area contributed by atoms with E-state index in [1.807, 2.05) is 0 Å². The van der Waals surface area contributed by atoms with Crippen LogP contribution in [0.4, 0.5) is 5.69 Å². The fraction of sp³-hybridized carbons (Fsp3) is 0.214. The van der Waals surface area contributed by atoms with E-state index in [0.29, 0.717) is 0 Å². The fourth-order valence-electron chi connectivity index (χ4n) is 2.53. The van der Waals surface area contributed by atoms with E-state index in [-0.39, 0.29) is 16.8 Å². The van der Waals surface area contributed by atoms with E-state index >= 15 is 0 Å². The number of aliphatic hydroxyl groups is 1. The molecule has 1 heterocycles. The molecule has 120 valence electrons. The van der Waals surface area contributed by atoms with Crippen LogP contribution in [0, 0.1) is 10.1 Å². The summed E-state index contributed by atoms with van der Waals surface area (Å²) >= 11 is 0. The number of rotatable bonds is 5. The number of nitrogens with zero attached hydrogens (tertiary/aromatic N) is 2. The number of aliphatic carboxylic acids is 1. The molecule has 1 aliphatic rings. The van der Waals surface area contributed by atoms with E-state index in [1.54, 1.807) is 0 Å². The van der Waals surface area contributed by atoms with Crippen LogP contribution in [0.1, 0.15) is 18.5 Å². The molecular formula is C14H12N2O7. The molecule has 0 radical (unpaired) electrons. The van der Waals surface area contributed by atoms with Crippen molar-refractivity contribution >= 4 is 23.3 Å². The molecule has 9 heteroatoms. The number of nitro groups is 1. The lowest BCUT2D eigenvalue weighted by Gasteiger charge is -2.24. The van der Waals surface area contributed by atoms with Crippen LogP contribution >= 0.6 is 0 Å². The monoisotopic (exact) mass is 320 g/mol. The minimum Gasteiger partial charge on any atom is -0.503 e. The summed E-state index contributed by atoms with van der Waals surface area (Å²) in [7, 11) is 0. The number of para-hydroxylation sites is 1. The lowest BCUT2D eigenvalue weighted by molar-refractivity contribution is -0.385. The van der Waals surface area contributed by atoms with Gasteiger partial charge in [0.05, 0.1) is 22.1 Å². The highest BCUT2D eigenvalue weighted by atomic mass is 16.6. The highest BCUT2D eigenvalue weighted by Gasteiger charge is 2.45. The maximum absolute atomic E-state index is 12.1. The predicted octanol–water partition coefficient (Wildman–Crippen LogP) is 0.964.